The zero-order chi connectivity index (χ0) is 7.15. The molecule has 0 aliphatic carbocycles. The molecule has 0 aromatic carbocycles. The SMILES string of the molecule is Br.CC(N)=O.CN(C)C.O. The Morgan fingerprint density at radius 3 is 1.30 bits per heavy atom. The molecule has 0 heterocycles. The largest absolute Gasteiger partial charge is 0.412 e. The van der Waals surface area contributed by atoms with E-state index in [1.165, 1.54) is 6.92 Å². The van der Waals surface area contributed by atoms with E-state index in [0.717, 1.165) is 0 Å². The minimum Gasteiger partial charge on any atom is -0.412 e. The van der Waals surface area contributed by atoms with E-state index in [-0.39, 0.29) is 28.4 Å². The van der Waals surface area contributed by atoms with Gasteiger partial charge in [-0.2, -0.15) is 0 Å². The van der Waals surface area contributed by atoms with Crippen molar-refractivity contribution in [1.29, 1.82) is 0 Å². The van der Waals surface area contributed by atoms with Crippen LogP contribution in [0.25, 0.3) is 0 Å². The topological polar surface area (TPSA) is 77.8 Å². The zero-order valence-electron chi connectivity index (χ0n) is 6.84. The van der Waals surface area contributed by atoms with Crippen molar-refractivity contribution in [3.05, 3.63) is 0 Å². The van der Waals surface area contributed by atoms with Gasteiger partial charge in [0.05, 0.1) is 0 Å². The van der Waals surface area contributed by atoms with Crippen LogP contribution >= 0.6 is 17.0 Å². The van der Waals surface area contributed by atoms with Gasteiger partial charge in [-0.05, 0) is 21.1 Å². The highest BCUT2D eigenvalue weighted by Crippen LogP contribution is 1.47. The summed E-state index contributed by atoms with van der Waals surface area (Å²) in [6.45, 7) is 1.31. The van der Waals surface area contributed by atoms with Gasteiger partial charge in [0.25, 0.3) is 0 Å². The van der Waals surface area contributed by atoms with Crippen LogP contribution in [0.15, 0.2) is 0 Å². The van der Waals surface area contributed by atoms with Crippen LogP contribution in [0.3, 0.4) is 0 Å². The third kappa shape index (κ3) is 22000. The van der Waals surface area contributed by atoms with Crippen LogP contribution in [0, 0.1) is 0 Å². The smallest absolute Gasteiger partial charge is 0.214 e. The van der Waals surface area contributed by atoms with Gasteiger partial charge in [-0.1, -0.05) is 0 Å². The summed E-state index contributed by atoms with van der Waals surface area (Å²) in [6, 6.07) is 0. The second kappa shape index (κ2) is 15.9. The minimum atomic E-state index is -0.333. The van der Waals surface area contributed by atoms with Crippen molar-refractivity contribution in [2.75, 3.05) is 21.1 Å². The minimum absolute atomic E-state index is 0. The summed E-state index contributed by atoms with van der Waals surface area (Å²) in [4.78, 5) is 11.2. The Labute approximate surface area is 72.5 Å². The van der Waals surface area contributed by atoms with Crippen molar-refractivity contribution < 1.29 is 10.3 Å². The number of carbonyl (C=O) groups excluding carboxylic acids is 1. The normalized spacial score (nSPS) is 6.10. The summed E-state index contributed by atoms with van der Waals surface area (Å²) >= 11 is 0. The lowest BCUT2D eigenvalue weighted by Gasteiger charge is -1.90. The lowest BCUT2D eigenvalue weighted by Crippen LogP contribution is -2.01. The van der Waals surface area contributed by atoms with Gasteiger partial charge in [0.1, 0.15) is 0 Å². The molecule has 0 saturated heterocycles. The first-order valence-corrected chi connectivity index (χ1v) is 2.33. The third-order valence-electron chi connectivity index (χ3n) is 0. The first kappa shape index (κ1) is 22.5. The molecule has 10 heavy (non-hydrogen) atoms. The van der Waals surface area contributed by atoms with Gasteiger partial charge < -0.3 is 16.1 Å². The molecule has 0 fully saturated rings. The molecule has 0 aliphatic rings. The third-order valence-corrected chi connectivity index (χ3v) is 0. The van der Waals surface area contributed by atoms with Gasteiger partial charge in [-0.15, -0.1) is 17.0 Å². The second-order valence-electron chi connectivity index (χ2n) is 1.95. The molecule has 1 amide bonds. The molecule has 0 atom stereocenters. The van der Waals surface area contributed by atoms with Gasteiger partial charge in [0.2, 0.25) is 5.91 Å². The zero-order valence-corrected chi connectivity index (χ0v) is 8.55. The Balaban J connectivity index is -0.0000000300. The Morgan fingerprint density at radius 2 is 1.30 bits per heavy atom. The van der Waals surface area contributed by atoms with Crippen molar-refractivity contribution in [2.45, 2.75) is 6.92 Å². The van der Waals surface area contributed by atoms with Gasteiger partial charge in [0, 0.05) is 6.92 Å². The lowest BCUT2D eigenvalue weighted by atomic mass is 10.8. The monoisotopic (exact) mass is 216 g/mol. The maximum absolute atomic E-state index is 9.22. The molecule has 5 heteroatoms. The van der Waals surface area contributed by atoms with Gasteiger partial charge >= 0.3 is 0 Å². The summed E-state index contributed by atoms with van der Waals surface area (Å²) in [6.07, 6.45) is 0. The molecule has 0 unspecified atom stereocenters. The summed E-state index contributed by atoms with van der Waals surface area (Å²) in [7, 11) is 6.00. The summed E-state index contributed by atoms with van der Waals surface area (Å²) < 4.78 is 0. The van der Waals surface area contributed by atoms with Crippen LogP contribution in [0.1, 0.15) is 6.92 Å². The van der Waals surface area contributed by atoms with Crippen LogP contribution in [0.2, 0.25) is 0 Å². The van der Waals surface area contributed by atoms with Crippen LogP contribution < -0.4 is 5.73 Å². The average molecular weight is 217 g/mol. The van der Waals surface area contributed by atoms with Crippen molar-refractivity contribution in [2.24, 2.45) is 5.73 Å². The number of carbonyl (C=O) groups is 1. The number of hydrogen-bond donors (Lipinski definition) is 1. The predicted molar refractivity (Wildman–Crippen MR) is 48.4 cm³/mol. The van der Waals surface area contributed by atoms with Gasteiger partial charge in [0.15, 0.2) is 0 Å². The number of halogens is 1. The van der Waals surface area contributed by atoms with Crippen LogP contribution in [-0.2, 0) is 4.79 Å². The van der Waals surface area contributed by atoms with Crippen LogP contribution in [-0.4, -0.2) is 37.4 Å². The Kier molecular flexibility index (Phi) is 35.9. The van der Waals surface area contributed by atoms with E-state index >= 15 is 0 Å². The summed E-state index contributed by atoms with van der Waals surface area (Å²) in [5.41, 5.74) is 4.47. The Bertz CT molecular complexity index is 61.9. The Morgan fingerprint density at radius 1 is 1.30 bits per heavy atom. The number of hydrogen-bond acceptors (Lipinski definition) is 2. The van der Waals surface area contributed by atoms with E-state index < -0.39 is 0 Å². The molecule has 0 bridgehead atoms. The molecule has 0 saturated carbocycles. The average Bonchev–Trinajstić information content (AvgIpc) is 1.25. The molecule has 4 N–H and O–H groups in total. The predicted octanol–water partition coefficient (Wildman–Crippen LogP) is -0.577. The fourth-order valence-corrected chi connectivity index (χ4v) is 0. The maximum Gasteiger partial charge on any atom is 0.214 e. The fourth-order valence-electron chi connectivity index (χ4n) is 0. The molecular weight excluding hydrogens is 200 g/mol. The number of primary amides is 1. The lowest BCUT2D eigenvalue weighted by molar-refractivity contribution is -0.115. The molecule has 0 radical (unpaired) electrons. The van der Waals surface area contributed by atoms with Gasteiger partial charge in [-0.3, -0.25) is 4.79 Å². The van der Waals surface area contributed by atoms with E-state index in [1.54, 1.807) is 0 Å². The number of rotatable bonds is 0. The van der Waals surface area contributed by atoms with E-state index in [1.807, 2.05) is 26.0 Å². The first-order valence-electron chi connectivity index (χ1n) is 2.33. The standard InChI is InChI=1S/C3H9N.C2H5NO.BrH.H2O/c1-4(2)3;1-2(3)4;;/h1-3H3;1H3,(H2,3,4);1H;1H2. The number of amides is 1. The summed E-state index contributed by atoms with van der Waals surface area (Å²) in [5.74, 6) is -0.333. The Hall–Kier alpha value is -0.130. The van der Waals surface area contributed by atoms with Crippen molar-refractivity contribution >= 4 is 22.9 Å². The molecule has 0 aromatic rings. The van der Waals surface area contributed by atoms with Crippen LogP contribution in [0.5, 0.6) is 0 Å². The molecule has 0 spiro atoms. The van der Waals surface area contributed by atoms with Gasteiger partial charge in [-0.25, -0.2) is 0 Å². The highest BCUT2D eigenvalue weighted by Gasteiger charge is 1.61. The maximum atomic E-state index is 9.22. The quantitative estimate of drug-likeness (QED) is 0.589. The summed E-state index contributed by atoms with van der Waals surface area (Å²) in [5, 5.41) is 0. The molecule has 4 nitrogen and oxygen atoms in total. The highest BCUT2D eigenvalue weighted by molar-refractivity contribution is 8.93. The van der Waals surface area contributed by atoms with Crippen molar-refractivity contribution in [1.82, 2.24) is 4.90 Å². The number of nitrogens with zero attached hydrogens (tertiary/aromatic N) is 1. The second-order valence-corrected chi connectivity index (χ2v) is 1.95. The van der Waals surface area contributed by atoms with E-state index in [0.29, 0.717) is 0 Å². The van der Waals surface area contributed by atoms with E-state index in [2.05, 4.69) is 5.73 Å². The van der Waals surface area contributed by atoms with E-state index in [4.69, 9.17) is 0 Å². The van der Waals surface area contributed by atoms with E-state index in [9.17, 15) is 4.79 Å². The number of nitrogens with two attached hydrogens (primary N) is 1. The first-order chi connectivity index (χ1) is 3.46. The molecule has 0 aromatic heterocycles. The molecule has 0 rings (SSSR count). The molecule has 66 valence electrons. The fraction of sp³-hybridized carbons (Fsp3) is 0.800. The van der Waals surface area contributed by atoms with Crippen molar-refractivity contribution in [3.8, 4) is 0 Å². The van der Waals surface area contributed by atoms with Crippen molar-refractivity contribution in [3.63, 3.8) is 0 Å². The van der Waals surface area contributed by atoms with Crippen LogP contribution in [0.4, 0.5) is 0 Å². The highest BCUT2D eigenvalue weighted by atomic mass is 79.9. The molecule has 0 aliphatic heterocycles. The molecular formula is C5H17BrN2O2.